The van der Waals surface area contributed by atoms with Crippen LogP contribution in [-0.4, -0.2) is 68.0 Å². The Morgan fingerprint density at radius 3 is 2.58 bits per heavy atom. The monoisotopic (exact) mass is 444 g/mol. The molecule has 0 radical (unpaired) electrons. The first kappa shape index (κ1) is 21.3. The van der Waals surface area contributed by atoms with Gasteiger partial charge in [-0.15, -0.1) is 0 Å². The highest BCUT2D eigenvalue weighted by molar-refractivity contribution is 5.94. The van der Waals surface area contributed by atoms with Gasteiger partial charge in [-0.3, -0.25) is 19.7 Å². The number of likely N-dealkylation sites (tertiary alicyclic amines) is 2. The fraction of sp³-hybridized carbons (Fsp3) is 0.400. The van der Waals surface area contributed by atoms with Gasteiger partial charge in [-0.25, -0.2) is 4.98 Å². The van der Waals surface area contributed by atoms with Gasteiger partial charge in [0.05, 0.1) is 6.42 Å². The second-order valence-electron chi connectivity index (χ2n) is 8.99. The second kappa shape index (κ2) is 9.52. The minimum absolute atomic E-state index is 0.0753. The maximum atomic E-state index is 13.2. The summed E-state index contributed by atoms with van der Waals surface area (Å²) >= 11 is 0. The van der Waals surface area contributed by atoms with E-state index in [1.54, 1.807) is 12.4 Å². The van der Waals surface area contributed by atoms with Crippen molar-refractivity contribution >= 4 is 11.8 Å². The number of H-pyrrole nitrogens is 1. The maximum Gasteiger partial charge on any atom is 0.253 e. The third-order valence-electron chi connectivity index (χ3n) is 6.89. The molecule has 8 heteroatoms. The number of benzene rings is 1. The molecule has 0 spiro atoms. The molecule has 170 valence electrons. The van der Waals surface area contributed by atoms with Crippen molar-refractivity contribution in [3.63, 3.8) is 0 Å². The number of aromatic amines is 1. The summed E-state index contributed by atoms with van der Waals surface area (Å²) in [6, 6.07) is 11.3. The summed E-state index contributed by atoms with van der Waals surface area (Å²) in [6.45, 7) is 3.14. The number of pyridine rings is 1. The summed E-state index contributed by atoms with van der Waals surface area (Å²) in [5, 5.41) is 6.71. The third kappa shape index (κ3) is 4.79. The summed E-state index contributed by atoms with van der Waals surface area (Å²) in [7, 11) is 0. The number of carbonyl (C=O) groups is 2. The van der Waals surface area contributed by atoms with Gasteiger partial charge in [0.1, 0.15) is 6.33 Å². The molecule has 8 nitrogen and oxygen atoms in total. The van der Waals surface area contributed by atoms with E-state index >= 15 is 0 Å². The smallest absolute Gasteiger partial charge is 0.253 e. The maximum absolute atomic E-state index is 13.2. The molecule has 0 bridgehead atoms. The highest BCUT2D eigenvalue weighted by atomic mass is 16.2. The first-order valence-corrected chi connectivity index (χ1v) is 11.6. The average molecular weight is 445 g/mol. The Morgan fingerprint density at radius 1 is 1.00 bits per heavy atom. The Labute approximate surface area is 193 Å². The summed E-state index contributed by atoms with van der Waals surface area (Å²) in [6.07, 6.45) is 8.49. The number of aromatic nitrogens is 4. The topological polar surface area (TPSA) is 95.1 Å². The van der Waals surface area contributed by atoms with Gasteiger partial charge >= 0.3 is 0 Å². The van der Waals surface area contributed by atoms with Crippen LogP contribution in [0.1, 0.15) is 35.2 Å². The van der Waals surface area contributed by atoms with Gasteiger partial charge in [-0.1, -0.05) is 18.2 Å². The quantitative estimate of drug-likeness (QED) is 0.653. The standard InChI is InChI=1S/C25H28N6O2/c32-23(13-18-3-1-10-26-14-18)30-12-9-22(15-30)21-4-2-11-31(16-21)25(33)20-7-5-19(6-8-20)24-27-17-28-29-24/h1,3,5-8,10,14,17,21-22H,2,4,9,11-13,15-16H2,(H,27,28,29). The first-order valence-electron chi connectivity index (χ1n) is 11.6. The Balaban J connectivity index is 1.18. The molecule has 0 saturated carbocycles. The number of hydrogen-bond acceptors (Lipinski definition) is 5. The molecular weight excluding hydrogens is 416 g/mol. The van der Waals surface area contributed by atoms with Crippen LogP contribution in [0.5, 0.6) is 0 Å². The predicted molar refractivity (Wildman–Crippen MR) is 123 cm³/mol. The van der Waals surface area contributed by atoms with E-state index < -0.39 is 0 Å². The molecule has 2 fully saturated rings. The number of piperidine rings is 1. The first-order chi connectivity index (χ1) is 16.2. The van der Waals surface area contributed by atoms with Crippen LogP contribution in [0.2, 0.25) is 0 Å². The Kier molecular flexibility index (Phi) is 6.15. The molecule has 5 rings (SSSR count). The molecule has 2 saturated heterocycles. The van der Waals surface area contributed by atoms with Crippen molar-refractivity contribution in [2.75, 3.05) is 26.2 Å². The van der Waals surface area contributed by atoms with Gasteiger partial charge in [0, 0.05) is 49.7 Å². The molecule has 2 atom stereocenters. The molecule has 2 unspecified atom stereocenters. The van der Waals surface area contributed by atoms with Crippen LogP contribution in [0.25, 0.3) is 11.4 Å². The predicted octanol–water partition coefficient (Wildman–Crippen LogP) is 2.81. The summed E-state index contributed by atoms with van der Waals surface area (Å²) < 4.78 is 0. The van der Waals surface area contributed by atoms with Crippen LogP contribution in [0.4, 0.5) is 0 Å². The van der Waals surface area contributed by atoms with Crippen molar-refractivity contribution in [3.8, 4) is 11.4 Å². The highest BCUT2D eigenvalue weighted by Gasteiger charge is 2.35. The van der Waals surface area contributed by atoms with E-state index in [1.165, 1.54) is 6.33 Å². The van der Waals surface area contributed by atoms with E-state index in [9.17, 15) is 9.59 Å². The van der Waals surface area contributed by atoms with Gasteiger partial charge in [0.15, 0.2) is 5.82 Å². The molecule has 33 heavy (non-hydrogen) atoms. The number of carbonyl (C=O) groups excluding carboxylic acids is 2. The minimum Gasteiger partial charge on any atom is -0.342 e. The van der Waals surface area contributed by atoms with Crippen molar-refractivity contribution < 1.29 is 9.59 Å². The van der Waals surface area contributed by atoms with Crippen LogP contribution < -0.4 is 0 Å². The summed E-state index contributed by atoms with van der Waals surface area (Å²) in [4.78, 5) is 38.1. The second-order valence-corrected chi connectivity index (χ2v) is 8.99. The van der Waals surface area contributed by atoms with Gasteiger partial charge in [0.2, 0.25) is 5.91 Å². The number of nitrogens with one attached hydrogen (secondary N) is 1. The number of hydrogen-bond donors (Lipinski definition) is 1. The molecule has 2 aromatic heterocycles. The molecule has 4 heterocycles. The van der Waals surface area contributed by atoms with Crippen molar-refractivity contribution in [3.05, 3.63) is 66.2 Å². The lowest BCUT2D eigenvalue weighted by Crippen LogP contribution is -2.42. The van der Waals surface area contributed by atoms with E-state index in [0.717, 1.165) is 56.6 Å². The normalized spacial score (nSPS) is 20.7. The average Bonchev–Trinajstić information content (AvgIpc) is 3.57. The van der Waals surface area contributed by atoms with E-state index in [-0.39, 0.29) is 11.8 Å². The molecular formula is C25H28N6O2. The molecule has 3 aromatic rings. The number of nitrogens with zero attached hydrogens (tertiary/aromatic N) is 5. The molecule has 0 aliphatic carbocycles. The molecule has 2 amide bonds. The number of rotatable bonds is 5. The van der Waals surface area contributed by atoms with Crippen molar-refractivity contribution in [2.24, 2.45) is 11.8 Å². The largest absolute Gasteiger partial charge is 0.342 e. The van der Waals surface area contributed by atoms with E-state index in [0.29, 0.717) is 29.6 Å². The lowest BCUT2D eigenvalue weighted by molar-refractivity contribution is -0.129. The lowest BCUT2D eigenvalue weighted by Gasteiger charge is -2.36. The Morgan fingerprint density at radius 2 is 1.82 bits per heavy atom. The lowest BCUT2D eigenvalue weighted by atomic mass is 9.84. The Bertz CT molecular complexity index is 1080. The minimum atomic E-state index is 0.0753. The van der Waals surface area contributed by atoms with Crippen molar-refractivity contribution in [2.45, 2.75) is 25.7 Å². The van der Waals surface area contributed by atoms with Crippen LogP contribution in [-0.2, 0) is 11.2 Å². The van der Waals surface area contributed by atoms with E-state index in [1.807, 2.05) is 46.2 Å². The van der Waals surface area contributed by atoms with E-state index in [4.69, 9.17) is 0 Å². The van der Waals surface area contributed by atoms with Crippen LogP contribution in [0, 0.1) is 11.8 Å². The zero-order chi connectivity index (χ0) is 22.6. The molecule has 1 aromatic carbocycles. The fourth-order valence-electron chi connectivity index (χ4n) is 5.06. The van der Waals surface area contributed by atoms with Gasteiger partial charge in [-0.2, -0.15) is 5.10 Å². The summed E-state index contributed by atoms with van der Waals surface area (Å²) in [5.74, 6) is 1.82. The van der Waals surface area contributed by atoms with Crippen molar-refractivity contribution in [1.82, 2.24) is 30.0 Å². The highest BCUT2D eigenvalue weighted by Crippen LogP contribution is 2.32. The van der Waals surface area contributed by atoms with Gasteiger partial charge in [0.25, 0.3) is 5.91 Å². The van der Waals surface area contributed by atoms with Crippen LogP contribution >= 0.6 is 0 Å². The van der Waals surface area contributed by atoms with Crippen molar-refractivity contribution in [1.29, 1.82) is 0 Å². The molecule has 2 aliphatic heterocycles. The molecule has 1 N–H and O–H groups in total. The number of amides is 2. The zero-order valence-electron chi connectivity index (χ0n) is 18.6. The van der Waals surface area contributed by atoms with Gasteiger partial charge < -0.3 is 9.80 Å². The zero-order valence-corrected chi connectivity index (χ0v) is 18.6. The fourth-order valence-corrected chi connectivity index (χ4v) is 5.06. The third-order valence-corrected chi connectivity index (χ3v) is 6.89. The van der Waals surface area contributed by atoms with Gasteiger partial charge in [-0.05, 0) is 54.9 Å². The Hall–Kier alpha value is -3.55. The van der Waals surface area contributed by atoms with Crippen LogP contribution in [0.3, 0.4) is 0 Å². The molecule has 2 aliphatic rings. The SMILES string of the molecule is O=C(Cc1cccnc1)N1CCC(C2CCCN(C(=O)c3ccc(-c4ncn[nH]4)cc3)C2)C1. The van der Waals surface area contributed by atoms with Crippen LogP contribution in [0.15, 0.2) is 55.1 Å². The summed E-state index contributed by atoms with van der Waals surface area (Å²) in [5.41, 5.74) is 2.55. The van der Waals surface area contributed by atoms with E-state index in [2.05, 4.69) is 20.2 Å².